The molecular weight excluding hydrogens is 332 g/mol. The van der Waals surface area contributed by atoms with Crippen molar-refractivity contribution in [2.75, 3.05) is 6.61 Å². The SMILES string of the molecule is CCCCCCCCCC(=O)OCCC(C)CC/C=C(\C)CCC=C(C)C. The first kappa shape index (κ1) is 26.0. The van der Waals surface area contributed by atoms with Crippen LogP contribution in [0.2, 0.25) is 0 Å². The molecule has 0 aliphatic heterocycles. The van der Waals surface area contributed by atoms with E-state index in [1.165, 1.54) is 49.7 Å². The van der Waals surface area contributed by atoms with Crippen LogP contribution in [-0.2, 0) is 9.53 Å². The molecule has 0 bridgehead atoms. The lowest BCUT2D eigenvalue weighted by atomic mass is 10.0. The van der Waals surface area contributed by atoms with Crippen molar-refractivity contribution in [3.05, 3.63) is 23.3 Å². The minimum atomic E-state index is -0.00855. The summed E-state index contributed by atoms with van der Waals surface area (Å²) in [4.78, 5) is 11.8. The molecule has 0 fully saturated rings. The second-order valence-electron chi connectivity index (χ2n) is 8.43. The van der Waals surface area contributed by atoms with E-state index in [0.29, 0.717) is 18.9 Å². The van der Waals surface area contributed by atoms with Gasteiger partial charge in [0.15, 0.2) is 0 Å². The number of carbonyl (C=O) groups excluding carboxylic acids is 1. The fourth-order valence-electron chi connectivity index (χ4n) is 3.12. The molecule has 1 unspecified atom stereocenters. The predicted molar refractivity (Wildman–Crippen MR) is 119 cm³/mol. The number of rotatable bonds is 17. The third-order valence-corrected chi connectivity index (χ3v) is 5.10. The van der Waals surface area contributed by atoms with Gasteiger partial charge in [-0.3, -0.25) is 4.79 Å². The van der Waals surface area contributed by atoms with Crippen LogP contribution in [0, 0.1) is 5.92 Å². The predicted octanol–water partition coefficient (Wildman–Crippen LogP) is 8.17. The third kappa shape index (κ3) is 19.5. The first-order valence-electron chi connectivity index (χ1n) is 11.4. The Morgan fingerprint density at radius 1 is 0.852 bits per heavy atom. The van der Waals surface area contributed by atoms with Gasteiger partial charge in [-0.2, -0.15) is 0 Å². The highest BCUT2D eigenvalue weighted by Crippen LogP contribution is 2.15. The zero-order chi connectivity index (χ0) is 20.3. The van der Waals surface area contributed by atoms with E-state index in [0.717, 1.165) is 38.5 Å². The summed E-state index contributed by atoms with van der Waals surface area (Å²) in [5.41, 5.74) is 2.89. The summed E-state index contributed by atoms with van der Waals surface area (Å²) in [5, 5.41) is 0. The fourth-order valence-corrected chi connectivity index (χ4v) is 3.12. The molecule has 0 aromatic carbocycles. The molecule has 0 aliphatic carbocycles. The summed E-state index contributed by atoms with van der Waals surface area (Å²) in [5.74, 6) is 0.601. The van der Waals surface area contributed by atoms with Gasteiger partial charge in [0.25, 0.3) is 0 Å². The largest absolute Gasteiger partial charge is 0.466 e. The van der Waals surface area contributed by atoms with Crippen molar-refractivity contribution in [1.82, 2.24) is 0 Å². The summed E-state index contributed by atoms with van der Waals surface area (Å²) in [6, 6.07) is 0. The highest BCUT2D eigenvalue weighted by Gasteiger charge is 2.06. The van der Waals surface area contributed by atoms with Crippen LogP contribution < -0.4 is 0 Å². The number of allylic oxidation sites excluding steroid dienone is 4. The Morgan fingerprint density at radius 3 is 2.19 bits per heavy atom. The Bertz CT molecular complexity index is 416. The Morgan fingerprint density at radius 2 is 1.52 bits per heavy atom. The van der Waals surface area contributed by atoms with Gasteiger partial charge in [0.05, 0.1) is 6.61 Å². The molecule has 0 saturated heterocycles. The van der Waals surface area contributed by atoms with E-state index in [9.17, 15) is 4.79 Å². The van der Waals surface area contributed by atoms with Crippen LogP contribution in [-0.4, -0.2) is 12.6 Å². The van der Waals surface area contributed by atoms with E-state index in [2.05, 4.69) is 46.8 Å². The van der Waals surface area contributed by atoms with Gasteiger partial charge in [-0.1, -0.05) is 75.7 Å². The number of hydrogen-bond acceptors (Lipinski definition) is 2. The molecule has 0 aromatic rings. The quantitative estimate of drug-likeness (QED) is 0.145. The summed E-state index contributed by atoms with van der Waals surface area (Å²) >= 11 is 0. The van der Waals surface area contributed by atoms with Gasteiger partial charge in [-0.25, -0.2) is 0 Å². The van der Waals surface area contributed by atoms with Crippen LogP contribution in [0.25, 0.3) is 0 Å². The highest BCUT2D eigenvalue weighted by atomic mass is 16.5. The van der Waals surface area contributed by atoms with Crippen molar-refractivity contribution < 1.29 is 9.53 Å². The number of esters is 1. The van der Waals surface area contributed by atoms with Gasteiger partial charge in [0.1, 0.15) is 0 Å². The van der Waals surface area contributed by atoms with Crippen LogP contribution in [0.3, 0.4) is 0 Å². The normalized spacial score (nSPS) is 12.7. The Balaban J connectivity index is 3.60. The lowest BCUT2D eigenvalue weighted by molar-refractivity contribution is -0.144. The average Bonchev–Trinajstić information content (AvgIpc) is 2.60. The van der Waals surface area contributed by atoms with E-state index in [1.807, 2.05) is 0 Å². The van der Waals surface area contributed by atoms with Crippen LogP contribution in [0.5, 0.6) is 0 Å². The second kappa shape index (κ2) is 18.3. The summed E-state index contributed by atoms with van der Waals surface area (Å²) in [6.07, 6.45) is 19.5. The van der Waals surface area contributed by atoms with E-state index in [-0.39, 0.29) is 5.97 Å². The molecule has 0 heterocycles. The molecule has 0 amide bonds. The number of unbranched alkanes of at least 4 members (excludes halogenated alkanes) is 6. The van der Waals surface area contributed by atoms with E-state index in [1.54, 1.807) is 0 Å². The van der Waals surface area contributed by atoms with Crippen LogP contribution in [0.1, 0.15) is 118 Å². The van der Waals surface area contributed by atoms with Crippen LogP contribution in [0.4, 0.5) is 0 Å². The van der Waals surface area contributed by atoms with Crippen molar-refractivity contribution in [1.29, 1.82) is 0 Å². The smallest absolute Gasteiger partial charge is 0.305 e. The lowest BCUT2D eigenvalue weighted by Crippen LogP contribution is -2.08. The van der Waals surface area contributed by atoms with Crippen molar-refractivity contribution in [3.8, 4) is 0 Å². The number of ether oxygens (including phenoxy) is 1. The minimum absolute atomic E-state index is 0.00855. The molecular formula is C25H46O2. The Hall–Kier alpha value is -1.05. The molecule has 27 heavy (non-hydrogen) atoms. The van der Waals surface area contributed by atoms with Crippen molar-refractivity contribution in [2.24, 2.45) is 5.92 Å². The zero-order valence-corrected chi connectivity index (χ0v) is 18.9. The molecule has 1 atom stereocenters. The number of hydrogen-bond donors (Lipinski definition) is 0. The topological polar surface area (TPSA) is 26.3 Å². The van der Waals surface area contributed by atoms with Gasteiger partial charge >= 0.3 is 5.97 Å². The van der Waals surface area contributed by atoms with Gasteiger partial charge in [-0.05, 0) is 65.2 Å². The average molecular weight is 379 g/mol. The second-order valence-corrected chi connectivity index (χ2v) is 8.43. The lowest BCUT2D eigenvalue weighted by Gasteiger charge is -2.11. The monoisotopic (exact) mass is 378 g/mol. The first-order chi connectivity index (χ1) is 13.0. The minimum Gasteiger partial charge on any atom is -0.466 e. The molecule has 0 radical (unpaired) electrons. The van der Waals surface area contributed by atoms with Gasteiger partial charge < -0.3 is 4.74 Å². The molecule has 0 saturated carbocycles. The Kier molecular flexibility index (Phi) is 17.6. The standard InChI is InChI=1S/C25H46O2/c1-6-7-8-9-10-11-12-19-25(26)27-21-20-24(5)18-14-17-23(4)16-13-15-22(2)3/h15,17,24H,6-14,16,18-21H2,1-5H3/b23-17+. The van der Waals surface area contributed by atoms with Crippen LogP contribution >= 0.6 is 0 Å². The third-order valence-electron chi connectivity index (χ3n) is 5.10. The zero-order valence-electron chi connectivity index (χ0n) is 18.9. The van der Waals surface area contributed by atoms with Crippen molar-refractivity contribution in [2.45, 2.75) is 118 Å². The number of carbonyl (C=O) groups is 1. The van der Waals surface area contributed by atoms with Gasteiger partial charge in [0, 0.05) is 6.42 Å². The fraction of sp³-hybridized carbons (Fsp3) is 0.800. The molecule has 0 aliphatic rings. The maximum atomic E-state index is 11.8. The molecule has 0 N–H and O–H groups in total. The van der Waals surface area contributed by atoms with E-state index >= 15 is 0 Å². The first-order valence-corrected chi connectivity index (χ1v) is 11.4. The molecule has 2 nitrogen and oxygen atoms in total. The van der Waals surface area contributed by atoms with Crippen molar-refractivity contribution in [3.63, 3.8) is 0 Å². The molecule has 0 spiro atoms. The maximum absolute atomic E-state index is 11.8. The van der Waals surface area contributed by atoms with E-state index < -0.39 is 0 Å². The van der Waals surface area contributed by atoms with Gasteiger partial charge in [0.2, 0.25) is 0 Å². The molecule has 0 rings (SSSR count). The summed E-state index contributed by atoms with van der Waals surface area (Å²) in [7, 11) is 0. The summed E-state index contributed by atoms with van der Waals surface area (Å²) < 4.78 is 5.40. The molecule has 0 aromatic heterocycles. The molecule has 2 heteroatoms. The Labute approximate surface area is 169 Å². The van der Waals surface area contributed by atoms with E-state index in [4.69, 9.17) is 4.74 Å². The van der Waals surface area contributed by atoms with Crippen LogP contribution in [0.15, 0.2) is 23.3 Å². The molecule has 158 valence electrons. The van der Waals surface area contributed by atoms with Crippen molar-refractivity contribution >= 4 is 5.97 Å². The highest BCUT2D eigenvalue weighted by molar-refractivity contribution is 5.69. The van der Waals surface area contributed by atoms with Gasteiger partial charge in [-0.15, -0.1) is 0 Å². The summed E-state index contributed by atoms with van der Waals surface area (Å²) in [6.45, 7) is 11.6. The maximum Gasteiger partial charge on any atom is 0.305 e.